The molecule has 2 amide bonds. The van der Waals surface area contributed by atoms with E-state index in [4.69, 9.17) is 5.11 Å². The fraction of sp³-hybridized carbons (Fsp3) is 0.867. The van der Waals surface area contributed by atoms with Gasteiger partial charge in [-0.05, 0) is 24.7 Å². The van der Waals surface area contributed by atoms with Gasteiger partial charge in [0.15, 0.2) is 0 Å². The second-order valence-corrected chi connectivity index (χ2v) is 7.08. The Bertz CT molecular complexity index is 389. The van der Waals surface area contributed by atoms with Crippen LogP contribution >= 0.6 is 0 Å². The first-order chi connectivity index (χ1) is 9.30. The van der Waals surface area contributed by atoms with Crippen molar-refractivity contribution in [2.75, 3.05) is 26.2 Å². The quantitative estimate of drug-likeness (QED) is 0.845. The number of rotatable bonds is 2. The van der Waals surface area contributed by atoms with Crippen LogP contribution in [0.3, 0.4) is 0 Å². The molecule has 0 aromatic rings. The van der Waals surface area contributed by atoms with Crippen LogP contribution in [0.2, 0.25) is 0 Å². The number of likely N-dealkylation sites (tertiary alicyclic amines) is 2. The van der Waals surface area contributed by atoms with E-state index in [2.05, 4.69) is 13.8 Å². The molecule has 2 rings (SSSR count). The summed E-state index contributed by atoms with van der Waals surface area (Å²) in [6, 6.07) is 0.0940. The molecule has 5 heteroatoms. The van der Waals surface area contributed by atoms with E-state index < -0.39 is 5.97 Å². The van der Waals surface area contributed by atoms with Gasteiger partial charge >= 0.3 is 12.0 Å². The predicted octanol–water partition coefficient (Wildman–Crippen LogP) is 2.27. The molecule has 0 bridgehead atoms. The van der Waals surface area contributed by atoms with Crippen LogP contribution in [0.1, 0.15) is 40.0 Å². The number of aliphatic carboxylic acids is 1. The van der Waals surface area contributed by atoms with Crippen LogP contribution < -0.4 is 0 Å². The molecule has 2 heterocycles. The Kier molecular flexibility index (Phi) is 4.25. The minimum atomic E-state index is -0.765. The monoisotopic (exact) mass is 282 g/mol. The molecular weight excluding hydrogens is 256 g/mol. The fourth-order valence-corrected chi connectivity index (χ4v) is 3.00. The lowest BCUT2D eigenvalue weighted by atomic mass is 9.85. The molecule has 0 aliphatic carbocycles. The minimum absolute atomic E-state index is 0.0940. The Balaban J connectivity index is 1.83. The zero-order valence-electron chi connectivity index (χ0n) is 12.8. The zero-order chi connectivity index (χ0) is 14.9. The summed E-state index contributed by atoms with van der Waals surface area (Å²) in [5.74, 6) is -1.01. The van der Waals surface area contributed by atoms with Gasteiger partial charge in [-0.15, -0.1) is 0 Å². The van der Waals surface area contributed by atoms with E-state index >= 15 is 0 Å². The van der Waals surface area contributed by atoms with Crippen molar-refractivity contribution in [1.82, 2.24) is 9.80 Å². The third-order valence-corrected chi connectivity index (χ3v) is 4.89. The average Bonchev–Trinajstić information content (AvgIpc) is 2.47. The van der Waals surface area contributed by atoms with Gasteiger partial charge in [-0.25, -0.2) is 4.79 Å². The molecule has 20 heavy (non-hydrogen) atoms. The lowest BCUT2D eigenvalue weighted by molar-refractivity contribution is -0.144. The highest BCUT2D eigenvalue weighted by Crippen LogP contribution is 2.31. The number of amides is 2. The molecular formula is C15H26N2O3. The van der Waals surface area contributed by atoms with Crippen LogP contribution in [0, 0.1) is 17.3 Å². The first-order valence-corrected chi connectivity index (χ1v) is 7.57. The molecule has 0 saturated carbocycles. The molecule has 0 spiro atoms. The number of carboxylic acid groups (broad SMARTS) is 1. The molecule has 0 aromatic heterocycles. The predicted molar refractivity (Wildman–Crippen MR) is 76.5 cm³/mol. The largest absolute Gasteiger partial charge is 0.481 e. The maximum absolute atomic E-state index is 12.4. The summed E-state index contributed by atoms with van der Waals surface area (Å²) in [5, 5.41) is 8.97. The summed E-state index contributed by atoms with van der Waals surface area (Å²) >= 11 is 0. The molecule has 1 N–H and O–H groups in total. The van der Waals surface area contributed by atoms with Gasteiger partial charge in [-0.3, -0.25) is 4.79 Å². The highest BCUT2D eigenvalue weighted by Gasteiger charge is 2.39. The molecule has 0 radical (unpaired) electrons. The van der Waals surface area contributed by atoms with E-state index in [0.29, 0.717) is 18.5 Å². The standard InChI is InChI=1S/C15H26N2O3/c1-11(13(18)19)12-9-17(10-12)14(20)16-7-4-5-15(2,3)6-8-16/h11-12H,4-10H2,1-3H3,(H,18,19). The first kappa shape index (κ1) is 15.1. The van der Waals surface area contributed by atoms with Gasteiger partial charge in [0.05, 0.1) is 5.92 Å². The van der Waals surface area contributed by atoms with Crippen molar-refractivity contribution in [3.63, 3.8) is 0 Å². The minimum Gasteiger partial charge on any atom is -0.481 e. The fourth-order valence-electron chi connectivity index (χ4n) is 3.00. The van der Waals surface area contributed by atoms with Crippen LogP contribution in [0.5, 0.6) is 0 Å². The van der Waals surface area contributed by atoms with Crippen molar-refractivity contribution in [1.29, 1.82) is 0 Å². The van der Waals surface area contributed by atoms with E-state index in [0.717, 1.165) is 32.4 Å². The van der Waals surface area contributed by atoms with Crippen LogP contribution in [0.15, 0.2) is 0 Å². The van der Waals surface area contributed by atoms with Gasteiger partial charge in [0, 0.05) is 32.1 Å². The topological polar surface area (TPSA) is 60.9 Å². The lowest BCUT2D eigenvalue weighted by Crippen LogP contribution is -2.57. The Morgan fingerprint density at radius 2 is 1.80 bits per heavy atom. The van der Waals surface area contributed by atoms with Crippen molar-refractivity contribution in [3.8, 4) is 0 Å². The van der Waals surface area contributed by atoms with Crippen molar-refractivity contribution in [2.45, 2.75) is 40.0 Å². The summed E-state index contributed by atoms with van der Waals surface area (Å²) < 4.78 is 0. The Labute approximate surface area is 120 Å². The number of nitrogens with zero attached hydrogens (tertiary/aromatic N) is 2. The van der Waals surface area contributed by atoms with E-state index in [9.17, 15) is 9.59 Å². The molecule has 1 atom stereocenters. The number of urea groups is 1. The molecule has 114 valence electrons. The number of carbonyl (C=O) groups excluding carboxylic acids is 1. The van der Waals surface area contributed by atoms with Crippen LogP contribution in [-0.2, 0) is 4.79 Å². The molecule has 2 aliphatic rings. The van der Waals surface area contributed by atoms with Gasteiger partial charge in [-0.1, -0.05) is 20.8 Å². The van der Waals surface area contributed by atoms with Gasteiger partial charge in [0.1, 0.15) is 0 Å². The van der Waals surface area contributed by atoms with Gasteiger partial charge < -0.3 is 14.9 Å². The second kappa shape index (κ2) is 5.62. The van der Waals surface area contributed by atoms with Crippen LogP contribution in [0.4, 0.5) is 4.79 Å². The van der Waals surface area contributed by atoms with E-state index in [1.54, 1.807) is 11.8 Å². The molecule has 5 nitrogen and oxygen atoms in total. The van der Waals surface area contributed by atoms with Crippen molar-refractivity contribution < 1.29 is 14.7 Å². The van der Waals surface area contributed by atoms with Crippen LogP contribution in [0.25, 0.3) is 0 Å². The second-order valence-electron chi connectivity index (χ2n) is 7.08. The van der Waals surface area contributed by atoms with E-state index in [1.165, 1.54) is 0 Å². The van der Waals surface area contributed by atoms with Crippen molar-refractivity contribution in [3.05, 3.63) is 0 Å². The van der Waals surface area contributed by atoms with Gasteiger partial charge in [-0.2, -0.15) is 0 Å². The molecule has 2 saturated heterocycles. The first-order valence-electron chi connectivity index (χ1n) is 7.57. The summed E-state index contributed by atoms with van der Waals surface area (Å²) in [7, 11) is 0. The lowest BCUT2D eigenvalue weighted by Gasteiger charge is -2.43. The Hall–Kier alpha value is -1.26. The highest BCUT2D eigenvalue weighted by atomic mass is 16.4. The van der Waals surface area contributed by atoms with Gasteiger partial charge in [0.25, 0.3) is 0 Å². The van der Waals surface area contributed by atoms with E-state index in [1.807, 2.05) is 4.90 Å². The SMILES string of the molecule is CC(C(=O)O)C1CN(C(=O)N2CCCC(C)(C)CC2)C1. The molecule has 2 aliphatic heterocycles. The summed E-state index contributed by atoms with van der Waals surface area (Å²) in [6.45, 7) is 9.07. The van der Waals surface area contributed by atoms with Gasteiger partial charge in [0.2, 0.25) is 0 Å². The normalized spacial score (nSPS) is 24.8. The maximum Gasteiger partial charge on any atom is 0.320 e. The molecule has 0 aromatic carbocycles. The van der Waals surface area contributed by atoms with Crippen LogP contribution in [-0.4, -0.2) is 53.1 Å². The average molecular weight is 282 g/mol. The number of carboxylic acids is 1. The summed E-state index contributed by atoms with van der Waals surface area (Å²) in [4.78, 5) is 27.0. The summed E-state index contributed by atoms with van der Waals surface area (Å²) in [5.41, 5.74) is 0.324. The highest BCUT2D eigenvalue weighted by molar-refractivity contribution is 5.76. The number of carbonyl (C=O) groups is 2. The van der Waals surface area contributed by atoms with Crippen molar-refractivity contribution in [2.24, 2.45) is 17.3 Å². The Morgan fingerprint density at radius 1 is 1.15 bits per heavy atom. The third kappa shape index (κ3) is 3.25. The van der Waals surface area contributed by atoms with Crippen molar-refractivity contribution >= 4 is 12.0 Å². The third-order valence-electron chi connectivity index (χ3n) is 4.89. The zero-order valence-corrected chi connectivity index (χ0v) is 12.8. The number of hydrogen-bond acceptors (Lipinski definition) is 2. The molecule has 1 unspecified atom stereocenters. The molecule has 2 fully saturated rings. The number of hydrogen-bond donors (Lipinski definition) is 1. The Morgan fingerprint density at radius 3 is 2.40 bits per heavy atom. The summed E-state index contributed by atoms with van der Waals surface area (Å²) in [6.07, 6.45) is 3.26. The maximum atomic E-state index is 12.4. The smallest absolute Gasteiger partial charge is 0.320 e. The van der Waals surface area contributed by atoms with E-state index in [-0.39, 0.29) is 17.9 Å².